The van der Waals surface area contributed by atoms with Gasteiger partial charge in [-0.05, 0) is 45.4 Å². The summed E-state index contributed by atoms with van der Waals surface area (Å²) >= 11 is 5.09. The largest absolute Gasteiger partial charge is 0.352 e. The molecule has 0 spiro atoms. The van der Waals surface area contributed by atoms with E-state index in [1.807, 2.05) is 5.38 Å². The smallest absolute Gasteiger partial charge is 0.243 e. The van der Waals surface area contributed by atoms with Gasteiger partial charge in [-0.1, -0.05) is 6.58 Å². The SMILES string of the molecule is C=CC(=O)NCCc1ccsc1Br. The molecule has 0 radical (unpaired) electrons. The molecule has 0 aromatic carbocycles. The molecule has 0 saturated carbocycles. The Morgan fingerprint density at radius 2 is 2.54 bits per heavy atom. The molecule has 1 aromatic rings. The predicted molar refractivity (Wildman–Crippen MR) is 58.9 cm³/mol. The Morgan fingerprint density at radius 3 is 3.08 bits per heavy atom. The van der Waals surface area contributed by atoms with E-state index in [1.165, 1.54) is 11.6 Å². The summed E-state index contributed by atoms with van der Waals surface area (Å²) in [6.45, 7) is 4.03. The monoisotopic (exact) mass is 259 g/mol. The topological polar surface area (TPSA) is 29.1 Å². The maximum absolute atomic E-state index is 10.8. The summed E-state index contributed by atoms with van der Waals surface area (Å²) in [5, 5.41) is 4.75. The maximum atomic E-state index is 10.8. The average molecular weight is 260 g/mol. The first-order chi connectivity index (χ1) is 6.24. The minimum atomic E-state index is -0.119. The van der Waals surface area contributed by atoms with Crippen LogP contribution in [0.15, 0.2) is 27.9 Å². The van der Waals surface area contributed by atoms with Crippen molar-refractivity contribution in [1.29, 1.82) is 0 Å². The number of carbonyl (C=O) groups excluding carboxylic acids is 1. The second kappa shape index (κ2) is 5.19. The Kier molecular flexibility index (Phi) is 4.18. The number of nitrogens with one attached hydrogen (secondary N) is 1. The lowest BCUT2D eigenvalue weighted by Gasteiger charge is -2.00. The summed E-state index contributed by atoms with van der Waals surface area (Å²) in [5.74, 6) is -0.119. The summed E-state index contributed by atoms with van der Waals surface area (Å²) < 4.78 is 1.14. The van der Waals surface area contributed by atoms with E-state index in [9.17, 15) is 4.79 Å². The van der Waals surface area contributed by atoms with Crippen molar-refractivity contribution in [2.75, 3.05) is 6.54 Å². The number of thiophene rings is 1. The zero-order valence-electron chi connectivity index (χ0n) is 7.05. The molecule has 1 amide bonds. The third-order valence-electron chi connectivity index (χ3n) is 1.57. The fourth-order valence-corrected chi connectivity index (χ4v) is 2.22. The first kappa shape index (κ1) is 10.5. The normalized spacial score (nSPS) is 9.62. The van der Waals surface area contributed by atoms with Gasteiger partial charge in [0.25, 0.3) is 0 Å². The van der Waals surface area contributed by atoms with Crippen molar-refractivity contribution in [1.82, 2.24) is 5.32 Å². The van der Waals surface area contributed by atoms with E-state index in [0.717, 1.165) is 10.2 Å². The zero-order chi connectivity index (χ0) is 9.68. The fourth-order valence-electron chi connectivity index (χ4n) is 0.891. The van der Waals surface area contributed by atoms with E-state index in [2.05, 4.69) is 33.9 Å². The summed E-state index contributed by atoms with van der Waals surface area (Å²) in [6, 6.07) is 2.05. The van der Waals surface area contributed by atoms with Gasteiger partial charge in [-0.3, -0.25) is 4.79 Å². The van der Waals surface area contributed by atoms with Crippen LogP contribution in [-0.2, 0) is 11.2 Å². The van der Waals surface area contributed by atoms with Crippen molar-refractivity contribution in [3.63, 3.8) is 0 Å². The lowest BCUT2D eigenvalue weighted by Crippen LogP contribution is -2.23. The second-order valence-corrected chi connectivity index (χ2v) is 4.70. The van der Waals surface area contributed by atoms with Gasteiger partial charge in [0.2, 0.25) is 5.91 Å². The van der Waals surface area contributed by atoms with Crippen LogP contribution in [0.25, 0.3) is 0 Å². The molecule has 13 heavy (non-hydrogen) atoms. The van der Waals surface area contributed by atoms with Crippen molar-refractivity contribution in [3.05, 3.63) is 33.5 Å². The molecule has 2 nitrogen and oxygen atoms in total. The average Bonchev–Trinajstić information content (AvgIpc) is 2.52. The van der Waals surface area contributed by atoms with Crippen molar-refractivity contribution >= 4 is 33.2 Å². The molecule has 1 aromatic heterocycles. The quantitative estimate of drug-likeness (QED) is 0.827. The van der Waals surface area contributed by atoms with E-state index in [0.29, 0.717) is 6.54 Å². The van der Waals surface area contributed by atoms with Gasteiger partial charge in [0, 0.05) is 6.54 Å². The van der Waals surface area contributed by atoms with Crippen LogP contribution in [0, 0.1) is 0 Å². The standard InChI is InChI=1S/C9H10BrNOS/c1-2-8(12)11-5-3-7-4-6-13-9(7)10/h2,4,6H,1,3,5H2,(H,11,12). The molecule has 70 valence electrons. The number of hydrogen-bond acceptors (Lipinski definition) is 2. The van der Waals surface area contributed by atoms with Crippen LogP contribution < -0.4 is 5.32 Å². The lowest BCUT2D eigenvalue weighted by molar-refractivity contribution is -0.116. The van der Waals surface area contributed by atoms with E-state index < -0.39 is 0 Å². The van der Waals surface area contributed by atoms with Crippen molar-refractivity contribution in [2.45, 2.75) is 6.42 Å². The van der Waals surface area contributed by atoms with E-state index in [1.54, 1.807) is 11.3 Å². The van der Waals surface area contributed by atoms with Crippen molar-refractivity contribution in [2.24, 2.45) is 0 Å². The summed E-state index contributed by atoms with van der Waals surface area (Å²) in [7, 11) is 0. The number of carbonyl (C=O) groups is 1. The van der Waals surface area contributed by atoms with Crippen molar-refractivity contribution in [3.8, 4) is 0 Å². The first-order valence-electron chi connectivity index (χ1n) is 3.86. The number of hydrogen-bond donors (Lipinski definition) is 1. The molecule has 1 N–H and O–H groups in total. The Hall–Kier alpha value is -0.610. The molecule has 0 saturated heterocycles. The van der Waals surface area contributed by atoms with Gasteiger partial charge in [0.15, 0.2) is 0 Å². The molecular weight excluding hydrogens is 250 g/mol. The predicted octanol–water partition coefficient (Wildman–Crippen LogP) is 2.36. The molecule has 0 fully saturated rings. The van der Waals surface area contributed by atoms with Crippen molar-refractivity contribution < 1.29 is 4.79 Å². The Balaban J connectivity index is 2.32. The highest BCUT2D eigenvalue weighted by atomic mass is 79.9. The summed E-state index contributed by atoms with van der Waals surface area (Å²) in [5.41, 5.74) is 1.23. The molecule has 0 unspecified atom stereocenters. The van der Waals surface area contributed by atoms with Gasteiger partial charge >= 0.3 is 0 Å². The van der Waals surface area contributed by atoms with E-state index >= 15 is 0 Å². The third kappa shape index (κ3) is 3.32. The molecule has 0 aliphatic heterocycles. The van der Waals surface area contributed by atoms with Crippen LogP contribution in [0.4, 0.5) is 0 Å². The van der Waals surface area contributed by atoms with Gasteiger partial charge in [-0.2, -0.15) is 0 Å². The van der Waals surface area contributed by atoms with Gasteiger partial charge in [-0.15, -0.1) is 11.3 Å². The zero-order valence-corrected chi connectivity index (χ0v) is 9.45. The van der Waals surface area contributed by atoms with Gasteiger partial charge < -0.3 is 5.32 Å². The molecule has 4 heteroatoms. The summed E-state index contributed by atoms with van der Waals surface area (Å²) in [6.07, 6.45) is 2.13. The maximum Gasteiger partial charge on any atom is 0.243 e. The molecule has 0 aliphatic rings. The van der Waals surface area contributed by atoms with Gasteiger partial charge in [-0.25, -0.2) is 0 Å². The molecule has 1 rings (SSSR count). The van der Waals surface area contributed by atoms with Crippen LogP contribution in [-0.4, -0.2) is 12.5 Å². The van der Waals surface area contributed by atoms with Crippen LogP contribution >= 0.6 is 27.3 Å². The molecule has 0 aliphatic carbocycles. The lowest BCUT2D eigenvalue weighted by atomic mass is 10.2. The highest BCUT2D eigenvalue weighted by Crippen LogP contribution is 2.23. The number of halogens is 1. The van der Waals surface area contributed by atoms with Gasteiger partial charge in [0.05, 0.1) is 3.79 Å². The number of rotatable bonds is 4. The van der Waals surface area contributed by atoms with Gasteiger partial charge in [0.1, 0.15) is 0 Å². The summed E-state index contributed by atoms with van der Waals surface area (Å²) in [4.78, 5) is 10.8. The fraction of sp³-hybridized carbons (Fsp3) is 0.222. The molecule has 0 atom stereocenters. The van der Waals surface area contributed by atoms with Crippen LogP contribution in [0.5, 0.6) is 0 Å². The second-order valence-electron chi connectivity index (χ2n) is 2.46. The molecular formula is C9H10BrNOS. The minimum absolute atomic E-state index is 0.119. The highest BCUT2D eigenvalue weighted by Gasteiger charge is 2.00. The van der Waals surface area contributed by atoms with E-state index in [4.69, 9.17) is 0 Å². The Morgan fingerprint density at radius 1 is 1.77 bits per heavy atom. The van der Waals surface area contributed by atoms with E-state index in [-0.39, 0.29) is 5.91 Å². The van der Waals surface area contributed by atoms with Crippen LogP contribution in [0.1, 0.15) is 5.56 Å². The Labute approximate surface area is 89.8 Å². The molecule has 1 heterocycles. The number of amides is 1. The third-order valence-corrected chi connectivity index (χ3v) is 3.38. The minimum Gasteiger partial charge on any atom is -0.352 e. The van der Waals surface area contributed by atoms with Crippen LogP contribution in [0.2, 0.25) is 0 Å². The first-order valence-corrected chi connectivity index (χ1v) is 5.53. The van der Waals surface area contributed by atoms with Crippen LogP contribution in [0.3, 0.4) is 0 Å². The molecule has 0 bridgehead atoms. The highest BCUT2D eigenvalue weighted by molar-refractivity contribution is 9.11. The Bertz CT molecular complexity index is 308.